The Balaban J connectivity index is 2.10. The summed E-state index contributed by atoms with van der Waals surface area (Å²) in [5, 5.41) is 10.3. The molecule has 0 spiro atoms. The molecule has 1 N–H and O–H groups in total. The van der Waals surface area contributed by atoms with E-state index < -0.39 is 10.0 Å². The third kappa shape index (κ3) is 4.81. The highest BCUT2D eigenvalue weighted by Crippen LogP contribution is 2.20. The predicted octanol–water partition coefficient (Wildman–Crippen LogP) is 3.70. The molecule has 2 aromatic rings. The molecule has 0 aliphatic rings. The van der Waals surface area contributed by atoms with E-state index >= 15 is 0 Å². The molecule has 0 unspecified atom stereocenters. The zero-order chi connectivity index (χ0) is 18.4. The molecule has 2 aromatic carbocycles. The monoisotopic (exact) mass is 380 g/mol. The molecule has 0 aliphatic heterocycles. The van der Waals surface area contributed by atoms with Crippen molar-refractivity contribution in [2.24, 2.45) is 4.99 Å². The van der Waals surface area contributed by atoms with Crippen molar-refractivity contribution in [2.75, 3.05) is 13.1 Å². The van der Waals surface area contributed by atoms with Crippen LogP contribution in [0.4, 0.5) is 0 Å². The lowest BCUT2D eigenvalue weighted by Crippen LogP contribution is -2.30. The number of halogens is 1. The predicted molar refractivity (Wildman–Crippen MR) is 101 cm³/mol. The van der Waals surface area contributed by atoms with Gasteiger partial charge >= 0.3 is 0 Å². The molecule has 0 aromatic heterocycles. The third-order valence-electron chi connectivity index (χ3n) is 3.76. The molecule has 0 aliphatic carbocycles. The summed E-state index contributed by atoms with van der Waals surface area (Å²) in [6, 6.07) is 11.4. The maximum atomic E-state index is 12.4. The molecule has 0 radical (unpaired) electrons. The van der Waals surface area contributed by atoms with Crippen molar-refractivity contribution in [3.8, 4) is 5.75 Å². The molecule has 0 fully saturated rings. The average molecular weight is 381 g/mol. The first-order chi connectivity index (χ1) is 11.9. The Labute approximate surface area is 153 Å². The number of hydrogen-bond donors (Lipinski definition) is 1. The Morgan fingerprint density at radius 2 is 1.76 bits per heavy atom. The molecule has 0 heterocycles. The molecule has 7 heteroatoms. The van der Waals surface area contributed by atoms with Gasteiger partial charge in [-0.1, -0.05) is 37.6 Å². The first kappa shape index (κ1) is 19.4. The Bertz CT molecular complexity index is 845. The van der Waals surface area contributed by atoms with Crippen molar-refractivity contribution < 1.29 is 13.5 Å². The SMILES string of the molecule is CCN(CC)S(=O)(=O)c1ccc(CN=Cc2cc(Cl)ccc2O)cc1. The molecule has 5 nitrogen and oxygen atoms in total. The molecule has 0 saturated heterocycles. The van der Waals surface area contributed by atoms with Crippen LogP contribution in [0.3, 0.4) is 0 Å². The summed E-state index contributed by atoms with van der Waals surface area (Å²) in [5.74, 6) is 0.105. The zero-order valence-electron chi connectivity index (χ0n) is 14.2. The highest BCUT2D eigenvalue weighted by molar-refractivity contribution is 7.89. The van der Waals surface area contributed by atoms with Gasteiger partial charge in [0, 0.05) is 29.9 Å². The summed E-state index contributed by atoms with van der Waals surface area (Å²) >= 11 is 5.89. The van der Waals surface area contributed by atoms with Gasteiger partial charge in [-0.2, -0.15) is 4.31 Å². The van der Waals surface area contributed by atoms with Crippen LogP contribution < -0.4 is 0 Å². The topological polar surface area (TPSA) is 70.0 Å². The Morgan fingerprint density at radius 1 is 1.12 bits per heavy atom. The fourth-order valence-corrected chi connectivity index (χ4v) is 4.00. The molecular weight excluding hydrogens is 360 g/mol. The highest BCUT2D eigenvalue weighted by Gasteiger charge is 2.20. The van der Waals surface area contributed by atoms with Crippen molar-refractivity contribution in [1.82, 2.24) is 4.31 Å². The number of rotatable bonds is 7. The van der Waals surface area contributed by atoms with Crippen LogP contribution in [-0.2, 0) is 16.6 Å². The molecular formula is C18H21ClN2O3S. The number of sulfonamides is 1. The van der Waals surface area contributed by atoms with Crippen molar-refractivity contribution in [3.63, 3.8) is 0 Å². The van der Waals surface area contributed by atoms with Crippen LogP contribution in [0.25, 0.3) is 0 Å². The van der Waals surface area contributed by atoms with E-state index in [9.17, 15) is 13.5 Å². The van der Waals surface area contributed by atoms with Gasteiger partial charge in [0.05, 0.1) is 11.4 Å². The average Bonchev–Trinajstić information content (AvgIpc) is 2.59. The van der Waals surface area contributed by atoms with Crippen LogP contribution in [0.1, 0.15) is 25.0 Å². The highest BCUT2D eigenvalue weighted by atomic mass is 35.5. The number of aliphatic imine (C=N–C) groups is 1. The summed E-state index contributed by atoms with van der Waals surface area (Å²) < 4.78 is 26.3. The second-order valence-electron chi connectivity index (χ2n) is 5.41. The molecule has 0 atom stereocenters. The Morgan fingerprint density at radius 3 is 2.36 bits per heavy atom. The van der Waals surface area contributed by atoms with Crippen molar-refractivity contribution in [3.05, 3.63) is 58.6 Å². The fraction of sp³-hybridized carbons (Fsp3) is 0.278. The van der Waals surface area contributed by atoms with Crippen LogP contribution in [0, 0.1) is 0 Å². The summed E-state index contributed by atoms with van der Waals surface area (Å²) in [4.78, 5) is 4.54. The van der Waals surface area contributed by atoms with Gasteiger partial charge in [0.1, 0.15) is 5.75 Å². The van der Waals surface area contributed by atoms with Crippen molar-refractivity contribution in [2.45, 2.75) is 25.3 Å². The quantitative estimate of drug-likeness (QED) is 0.744. The fourth-order valence-electron chi connectivity index (χ4n) is 2.36. The van der Waals surface area contributed by atoms with E-state index in [0.717, 1.165) is 5.56 Å². The number of benzene rings is 2. The molecule has 134 valence electrons. The van der Waals surface area contributed by atoms with Gasteiger partial charge in [0.2, 0.25) is 10.0 Å². The number of aromatic hydroxyl groups is 1. The van der Waals surface area contributed by atoms with Crippen LogP contribution in [0.5, 0.6) is 5.75 Å². The van der Waals surface area contributed by atoms with E-state index in [1.807, 2.05) is 13.8 Å². The first-order valence-corrected chi connectivity index (χ1v) is 9.77. The first-order valence-electron chi connectivity index (χ1n) is 7.96. The number of nitrogens with zero attached hydrogens (tertiary/aromatic N) is 2. The largest absolute Gasteiger partial charge is 0.507 e. The zero-order valence-corrected chi connectivity index (χ0v) is 15.8. The van der Waals surface area contributed by atoms with Gasteiger partial charge in [-0.05, 0) is 35.9 Å². The van der Waals surface area contributed by atoms with E-state index in [0.29, 0.717) is 30.2 Å². The molecule has 0 saturated carbocycles. The molecule has 2 rings (SSSR count). The molecule has 25 heavy (non-hydrogen) atoms. The standard InChI is InChI=1S/C18H21ClN2O3S/c1-3-21(4-2)25(23,24)17-8-5-14(6-9-17)12-20-13-15-11-16(19)7-10-18(15)22/h5-11,13,22H,3-4,12H2,1-2H3. The van der Waals surface area contributed by atoms with Crippen LogP contribution in [0.15, 0.2) is 52.4 Å². The summed E-state index contributed by atoms with van der Waals surface area (Å²) in [5.41, 5.74) is 1.41. The summed E-state index contributed by atoms with van der Waals surface area (Å²) in [6.07, 6.45) is 1.54. The van der Waals surface area contributed by atoms with Crippen LogP contribution in [-0.4, -0.2) is 37.1 Å². The van der Waals surface area contributed by atoms with Crippen molar-refractivity contribution in [1.29, 1.82) is 0 Å². The van der Waals surface area contributed by atoms with Gasteiger partial charge in [0.25, 0.3) is 0 Å². The van der Waals surface area contributed by atoms with Gasteiger partial charge in [-0.15, -0.1) is 0 Å². The van der Waals surface area contributed by atoms with Gasteiger partial charge < -0.3 is 5.11 Å². The lowest BCUT2D eigenvalue weighted by Gasteiger charge is -2.18. The summed E-state index contributed by atoms with van der Waals surface area (Å²) in [6.45, 7) is 4.88. The minimum atomic E-state index is -3.44. The smallest absolute Gasteiger partial charge is 0.243 e. The number of phenolic OH excluding ortho intramolecular Hbond substituents is 1. The third-order valence-corrected chi connectivity index (χ3v) is 6.06. The van der Waals surface area contributed by atoms with Gasteiger partial charge in [-0.3, -0.25) is 4.99 Å². The maximum absolute atomic E-state index is 12.4. The van der Waals surface area contributed by atoms with Crippen molar-refractivity contribution >= 4 is 27.8 Å². The second-order valence-corrected chi connectivity index (χ2v) is 7.78. The Kier molecular flexibility index (Phi) is 6.58. The van der Waals surface area contributed by atoms with E-state index in [1.165, 1.54) is 10.4 Å². The van der Waals surface area contributed by atoms with E-state index in [-0.39, 0.29) is 10.6 Å². The van der Waals surface area contributed by atoms with E-state index in [1.54, 1.807) is 42.6 Å². The van der Waals surface area contributed by atoms with Gasteiger partial charge in [0.15, 0.2) is 0 Å². The van der Waals surface area contributed by atoms with Crippen LogP contribution >= 0.6 is 11.6 Å². The normalized spacial score (nSPS) is 12.2. The number of hydrogen-bond acceptors (Lipinski definition) is 4. The van der Waals surface area contributed by atoms with E-state index in [2.05, 4.69) is 4.99 Å². The summed E-state index contributed by atoms with van der Waals surface area (Å²) in [7, 11) is -3.44. The number of phenols is 1. The lowest BCUT2D eigenvalue weighted by molar-refractivity contribution is 0.445. The molecule has 0 amide bonds. The van der Waals surface area contributed by atoms with Gasteiger partial charge in [-0.25, -0.2) is 8.42 Å². The minimum absolute atomic E-state index is 0.105. The van der Waals surface area contributed by atoms with Crippen LogP contribution in [0.2, 0.25) is 5.02 Å². The second kappa shape index (κ2) is 8.47. The maximum Gasteiger partial charge on any atom is 0.243 e. The lowest BCUT2D eigenvalue weighted by atomic mass is 10.2. The Hall–Kier alpha value is -1.89. The van der Waals surface area contributed by atoms with E-state index in [4.69, 9.17) is 11.6 Å². The minimum Gasteiger partial charge on any atom is -0.507 e. The molecule has 0 bridgehead atoms.